The Labute approximate surface area is 106 Å². The third-order valence-electron chi connectivity index (χ3n) is 2.67. The van der Waals surface area contributed by atoms with Crippen LogP contribution in [0.3, 0.4) is 0 Å². The molecule has 1 atom stereocenters. The van der Waals surface area contributed by atoms with Gasteiger partial charge in [0, 0.05) is 17.0 Å². The first-order valence-corrected chi connectivity index (χ1v) is 6.48. The molecular weight excluding hydrogens is 234 g/mol. The van der Waals surface area contributed by atoms with E-state index in [1.807, 2.05) is 6.92 Å². The van der Waals surface area contributed by atoms with Crippen LogP contribution in [0.4, 0.5) is 5.69 Å². The van der Waals surface area contributed by atoms with E-state index in [4.69, 9.17) is 0 Å². The van der Waals surface area contributed by atoms with E-state index in [1.54, 1.807) is 36.0 Å². The number of non-ortho nitro benzene ring substituents is 1. The van der Waals surface area contributed by atoms with Crippen molar-refractivity contribution in [1.82, 2.24) is 0 Å². The van der Waals surface area contributed by atoms with E-state index in [1.165, 1.54) is 4.91 Å². The van der Waals surface area contributed by atoms with Crippen LogP contribution in [0.2, 0.25) is 0 Å². The summed E-state index contributed by atoms with van der Waals surface area (Å²) >= 11 is 1.68. The molecule has 0 spiro atoms. The van der Waals surface area contributed by atoms with E-state index in [0.29, 0.717) is 5.92 Å². The molecular formula is C13H17NO2S. The molecule has 1 aromatic rings. The minimum Gasteiger partial charge on any atom is -0.258 e. The van der Waals surface area contributed by atoms with Crippen LogP contribution >= 0.6 is 11.8 Å². The minimum absolute atomic E-state index is 0.139. The van der Waals surface area contributed by atoms with Crippen molar-refractivity contribution in [2.45, 2.75) is 32.1 Å². The summed E-state index contributed by atoms with van der Waals surface area (Å²) in [4.78, 5) is 12.5. The van der Waals surface area contributed by atoms with Gasteiger partial charge in [-0.25, -0.2) is 0 Å². The fourth-order valence-corrected chi connectivity index (χ4v) is 2.45. The smallest absolute Gasteiger partial charge is 0.258 e. The van der Waals surface area contributed by atoms with Crippen molar-refractivity contribution in [2.24, 2.45) is 5.92 Å². The minimum atomic E-state index is -0.375. The normalized spacial score (nSPS) is 13.5. The topological polar surface area (TPSA) is 43.1 Å². The molecule has 0 N–H and O–H groups in total. The molecule has 3 nitrogen and oxygen atoms in total. The predicted octanol–water partition coefficient (Wildman–Crippen LogP) is 4.64. The van der Waals surface area contributed by atoms with Crippen LogP contribution in [0, 0.1) is 16.0 Å². The van der Waals surface area contributed by atoms with Crippen molar-refractivity contribution in [1.29, 1.82) is 0 Å². The van der Waals surface area contributed by atoms with Gasteiger partial charge in [0.15, 0.2) is 0 Å². The Balaban J connectivity index is 2.78. The molecule has 0 saturated carbocycles. The van der Waals surface area contributed by atoms with Gasteiger partial charge in [-0.1, -0.05) is 31.7 Å². The zero-order valence-corrected chi connectivity index (χ0v) is 11.2. The summed E-state index contributed by atoms with van der Waals surface area (Å²) in [5.41, 5.74) is 0.139. The zero-order valence-electron chi connectivity index (χ0n) is 10.3. The van der Waals surface area contributed by atoms with Gasteiger partial charge >= 0.3 is 0 Å². The summed E-state index contributed by atoms with van der Waals surface area (Å²) in [5.74, 6) is 0.528. The zero-order chi connectivity index (χ0) is 12.8. The first kappa shape index (κ1) is 13.8. The molecule has 1 aromatic carbocycles. The number of thioether (sulfide) groups is 1. The molecule has 17 heavy (non-hydrogen) atoms. The highest BCUT2D eigenvalue weighted by molar-refractivity contribution is 8.03. The third-order valence-corrected chi connectivity index (χ3v) is 4.05. The van der Waals surface area contributed by atoms with Crippen molar-refractivity contribution < 1.29 is 4.92 Å². The summed E-state index contributed by atoms with van der Waals surface area (Å²) in [7, 11) is 0. The molecule has 92 valence electrons. The van der Waals surface area contributed by atoms with Crippen LogP contribution in [0.25, 0.3) is 0 Å². The summed E-state index contributed by atoms with van der Waals surface area (Å²) < 4.78 is 0. The molecule has 0 amide bonds. The van der Waals surface area contributed by atoms with Gasteiger partial charge in [0.2, 0.25) is 0 Å². The highest BCUT2D eigenvalue weighted by Gasteiger charge is 2.09. The molecule has 0 saturated heterocycles. The van der Waals surface area contributed by atoms with Crippen molar-refractivity contribution in [2.75, 3.05) is 0 Å². The van der Waals surface area contributed by atoms with E-state index < -0.39 is 0 Å². The summed E-state index contributed by atoms with van der Waals surface area (Å²) in [5, 5.41) is 10.5. The molecule has 0 aliphatic heterocycles. The first-order valence-electron chi connectivity index (χ1n) is 5.67. The summed E-state index contributed by atoms with van der Waals surface area (Å²) in [6.45, 7) is 6.37. The van der Waals surface area contributed by atoms with Crippen LogP contribution < -0.4 is 0 Å². The van der Waals surface area contributed by atoms with Crippen LogP contribution in [0.1, 0.15) is 27.2 Å². The third kappa shape index (κ3) is 3.89. The van der Waals surface area contributed by atoms with Gasteiger partial charge in [0.25, 0.3) is 5.69 Å². The maximum atomic E-state index is 10.5. The van der Waals surface area contributed by atoms with E-state index in [2.05, 4.69) is 19.9 Å². The van der Waals surface area contributed by atoms with Gasteiger partial charge in [-0.05, 0) is 36.3 Å². The number of nitro benzene ring substituents is 1. The molecule has 0 heterocycles. The lowest BCUT2D eigenvalue weighted by Gasteiger charge is -2.12. The molecule has 0 aromatic heterocycles. The molecule has 1 rings (SSSR count). The molecule has 0 unspecified atom stereocenters. The fourth-order valence-electron chi connectivity index (χ4n) is 1.42. The largest absolute Gasteiger partial charge is 0.269 e. The van der Waals surface area contributed by atoms with Crippen molar-refractivity contribution in [3.8, 4) is 0 Å². The highest BCUT2D eigenvalue weighted by Crippen LogP contribution is 2.33. The summed E-state index contributed by atoms with van der Waals surface area (Å²) in [6, 6.07) is 6.70. The van der Waals surface area contributed by atoms with E-state index in [9.17, 15) is 10.1 Å². The van der Waals surface area contributed by atoms with Crippen LogP contribution in [0.15, 0.2) is 40.1 Å². The standard InChI is InChI=1S/C13H17NO2S/c1-4-10(3)13(5-2)17-12-8-6-11(7-9-12)14(15)16/h5-10H,4H2,1-3H3/b13-5+/t10-/m0/s1. The number of hydrogen-bond donors (Lipinski definition) is 0. The molecule has 0 fully saturated rings. The molecule has 0 aliphatic carbocycles. The number of nitro groups is 1. The fraction of sp³-hybridized carbons (Fsp3) is 0.385. The average Bonchev–Trinajstić information content (AvgIpc) is 2.35. The second-order valence-corrected chi connectivity index (χ2v) is 5.00. The maximum Gasteiger partial charge on any atom is 0.269 e. The Kier molecular flexibility index (Phi) is 5.22. The Morgan fingerprint density at radius 1 is 1.47 bits per heavy atom. The van der Waals surface area contributed by atoms with Gasteiger partial charge < -0.3 is 0 Å². The van der Waals surface area contributed by atoms with E-state index in [-0.39, 0.29) is 10.6 Å². The number of allylic oxidation sites excluding steroid dienone is 2. The lowest BCUT2D eigenvalue weighted by atomic mass is 10.1. The number of hydrogen-bond acceptors (Lipinski definition) is 3. The van der Waals surface area contributed by atoms with Crippen molar-refractivity contribution in [3.05, 3.63) is 45.4 Å². The molecule has 4 heteroatoms. The number of benzene rings is 1. The summed E-state index contributed by atoms with van der Waals surface area (Å²) in [6.07, 6.45) is 3.21. The van der Waals surface area contributed by atoms with Crippen LogP contribution in [-0.4, -0.2) is 4.92 Å². The second kappa shape index (κ2) is 6.45. The van der Waals surface area contributed by atoms with Crippen LogP contribution in [-0.2, 0) is 0 Å². The SMILES string of the molecule is C/C=C(/Sc1ccc([N+](=O)[O-])cc1)[C@@H](C)CC. The monoisotopic (exact) mass is 251 g/mol. The first-order chi connectivity index (χ1) is 8.08. The lowest BCUT2D eigenvalue weighted by Crippen LogP contribution is -1.93. The van der Waals surface area contributed by atoms with Gasteiger partial charge in [0.05, 0.1) is 4.92 Å². The van der Waals surface area contributed by atoms with Gasteiger partial charge in [-0.2, -0.15) is 0 Å². The van der Waals surface area contributed by atoms with E-state index in [0.717, 1.165) is 11.3 Å². The molecule has 0 aliphatic rings. The number of nitrogens with zero attached hydrogens (tertiary/aromatic N) is 1. The van der Waals surface area contributed by atoms with Crippen LogP contribution in [0.5, 0.6) is 0 Å². The Morgan fingerprint density at radius 3 is 2.47 bits per heavy atom. The van der Waals surface area contributed by atoms with E-state index >= 15 is 0 Å². The van der Waals surface area contributed by atoms with Gasteiger partial charge in [0.1, 0.15) is 0 Å². The van der Waals surface area contributed by atoms with Gasteiger partial charge in [-0.3, -0.25) is 10.1 Å². The van der Waals surface area contributed by atoms with Crippen molar-refractivity contribution in [3.63, 3.8) is 0 Å². The quantitative estimate of drug-likeness (QED) is 0.435. The predicted molar refractivity (Wildman–Crippen MR) is 72.2 cm³/mol. The highest BCUT2D eigenvalue weighted by atomic mass is 32.2. The molecule has 0 bridgehead atoms. The lowest BCUT2D eigenvalue weighted by molar-refractivity contribution is -0.384. The molecule has 0 radical (unpaired) electrons. The number of rotatable bonds is 5. The average molecular weight is 251 g/mol. The maximum absolute atomic E-state index is 10.5. The van der Waals surface area contributed by atoms with Crippen molar-refractivity contribution >= 4 is 17.4 Å². The second-order valence-electron chi connectivity index (χ2n) is 3.85. The Bertz CT molecular complexity index is 412. The Hall–Kier alpha value is -1.29. The Morgan fingerprint density at radius 2 is 2.06 bits per heavy atom. The van der Waals surface area contributed by atoms with Gasteiger partial charge in [-0.15, -0.1) is 0 Å².